The zero-order valence-electron chi connectivity index (χ0n) is 13.1. The lowest BCUT2D eigenvalue weighted by Gasteiger charge is -2.36. The fraction of sp³-hybridized carbons (Fsp3) is 0.333. The van der Waals surface area contributed by atoms with Crippen LogP contribution in [0, 0.1) is 10.1 Å². The highest BCUT2D eigenvalue weighted by Gasteiger charge is 2.24. The number of methoxy groups -OCH3 is 1. The average Bonchev–Trinajstić information content (AvgIpc) is 2.62. The second-order valence-electron chi connectivity index (χ2n) is 5.28. The summed E-state index contributed by atoms with van der Waals surface area (Å²) in [5, 5.41) is 11.3. The van der Waals surface area contributed by atoms with Crippen LogP contribution in [0.4, 0.5) is 17.2 Å². The molecule has 0 spiro atoms. The Labute approximate surface area is 147 Å². The smallest absolute Gasteiger partial charge is 0.293 e. The van der Waals surface area contributed by atoms with E-state index in [1.807, 2.05) is 11.0 Å². The van der Waals surface area contributed by atoms with Crippen molar-refractivity contribution in [3.05, 3.63) is 45.2 Å². The first-order valence-corrected chi connectivity index (χ1v) is 8.17. The molecule has 0 saturated carbocycles. The van der Waals surface area contributed by atoms with Crippen LogP contribution in [0.3, 0.4) is 0 Å². The van der Waals surface area contributed by atoms with E-state index < -0.39 is 0 Å². The van der Waals surface area contributed by atoms with Crippen LogP contribution in [0.2, 0.25) is 0 Å². The van der Waals surface area contributed by atoms with Gasteiger partial charge in [-0.15, -0.1) is 0 Å². The lowest BCUT2D eigenvalue weighted by Crippen LogP contribution is -2.47. The molecule has 1 fully saturated rings. The third kappa shape index (κ3) is 3.40. The first-order chi connectivity index (χ1) is 11.6. The molecule has 8 nitrogen and oxygen atoms in total. The van der Waals surface area contributed by atoms with Gasteiger partial charge in [0, 0.05) is 36.7 Å². The highest BCUT2D eigenvalue weighted by Crippen LogP contribution is 2.32. The second kappa shape index (κ2) is 7.00. The van der Waals surface area contributed by atoms with Crippen molar-refractivity contribution in [1.82, 2.24) is 9.97 Å². The number of nitrogens with zero attached hydrogens (tertiary/aromatic N) is 5. The van der Waals surface area contributed by atoms with E-state index in [2.05, 4.69) is 30.8 Å². The number of halogens is 1. The number of benzene rings is 1. The third-order valence-corrected chi connectivity index (χ3v) is 4.38. The predicted molar refractivity (Wildman–Crippen MR) is 93.8 cm³/mol. The van der Waals surface area contributed by atoms with Gasteiger partial charge in [0.25, 0.3) is 5.69 Å². The van der Waals surface area contributed by atoms with Gasteiger partial charge < -0.3 is 14.5 Å². The molecule has 1 aliphatic rings. The van der Waals surface area contributed by atoms with Crippen LogP contribution in [0.1, 0.15) is 0 Å². The Morgan fingerprint density at radius 2 is 1.92 bits per heavy atom. The van der Waals surface area contributed by atoms with E-state index in [1.165, 1.54) is 6.07 Å². The SMILES string of the molecule is COc1cncc(N2CCN(c3ccc(Br)cc3[N+](=O)[O-])CC2)n1. The Kier molecular flexibility index (Phi) is 4.79. The molecule has 9 heteroatoms. The highest BCUT2D eigenvalue weighted by molar-refractivity contribution is 9.10. The van der Waals surface area contributed by atoms with E-state index in [9.17, 15) is 10.1 Å². The maximum Gasteiger partial charge on any atom is 0.293 e. The number of hydrogen-bond acceptors (Lipinski definition) is 7. The number of hydrogen-bond donors (Lipinski definition) is 0. The molecule has 0 aliphatic carbocycles. The van der Waals surface area contributed by atoms with Crippen LogP contribution in [-0.2, 0) is 0 Å². The van der Waals surface area contributed by atoms with Crippen LogP contribution >= 0.6 is 15.9 Å². The molecule has 0 unspecified atom stereocenters. The molecule has 1 aromatic heterocycles. The third-order valence-electron chi connectivity index (χ3n) is 3.89. The van der Waals surface area contributed by atoms with Crippen molar-refractivity contribution in [3.8, 4) is 5.88 Å². The molecule has 24 heavy (non-hydrogen) atoms. The van der Waals surface area contributed by atoms with Crippen LogP contribution in [0.15, 0.2) is 35.1 Å². The first-order valence-electron chi connectivity index (χ1n) is 7.38. The van der Waals surface area contributed by atoms with Crippen molar-refractivity contribution in [1.29, 1.82) is 0 Å². The zero-order valence-corrected chi connectivity index (χ0v) is 14.6. The van der Waals surface area contributed by atoms with Gasteiger partial charge in [0.05, 0.1) is 24.4 Å². The number of ether oxygens (including phenoxy) is 1. The van der Waals surface area contributed by atoms with Crippen molar-refractivity contribution in [2.24, 2.45) is 0 Å². The molecular formula is C15H16BrN5O3. The Morgan fingerprint density at radius 3 is 2.58 bits per heavy atom. The van der Waals surface area contributed by atoms with E-state index in [1.54, 1.807) is 25.6 Å². The molecule has 126 valence electrons. The minimum absolute atomic E-state index is 0.110. The molecular weight excluding hydrogens is 378 g/mol. The summed E-state index contributed by atoms with van der Waals surface area (Å²) in [6.07, 6.45) is 3.26. The molecule has 1 aromatic carbocycles. The lowest BCUT2D eigenvalue weighted by molar-refractivity contribution is -0.384. The van der Waals surface area contributed by atoms with Crippen molar-refractivity contribution >= 4 is 33.1 Å². The first kappa shape index (κ1) is 16.4. The van der Waals surface area contributed by atoms with Crippen molar-refractivity contribution in [2.75, 3.05) is 43.1 Å². The molecule has 0 amide bonds. The zero-order chi connectivity index (χ0) is 17.1. The molecule has 1 aliphatic heterocycles. The molecule has 0 bridgehead atoms. The molecule has 3 rings (SSSR count). The fourth-order valence-electron chi connectivity index (χ4n) is 2.68. The summed E-state index contributed by atoms with van der Waals surface area (Å²) in [6, 6.07) is 5.14. The summed E-state index contributed by atoms with van der Waals surface area (Å²) < 4.78 is 5.80. The Balaban J connectivity index is 1.74. The summed E-state index contributed by atoms with van der Waals surface area (Å²) >= 11 is 3.28. The number of nitro groups is 1. The number of rotatable bonds is 4. The minimum atomic E-state index is -0.347. The molecule has 2 aromatic rings. The maximum atomic E-state index is 11.3. The van der Waals surface area contributed by atoms with Crippen molar-refractivity contribution in [3.63, 3.8) is 0 Å². The summed E-state index contributed by atoms with van der Waals surface area (Å²) in [5.41, 5.74) is 0.749. The summed E-state index contributed by atoms with van der Waals surface area (Å²) in [7, 11) is 1.55. The molecule has 0 N–H and O–H groups in total. The average molecular weight is 394 g/mol. The van der Waals surface area contributed by atoms with Crippen molar-refractivity contribution < 1.29 is 9.66 Å². The Hall–Kier alpha value is -2.42. The minimum Gasteiger partial charge on any atom is -0.480 e. The summed E-state index contributed by atoms with van der Waals surface area (Å²) in [6.45, 7) is 2.74. The monoisotopic (exact) mass is 393 g/mol. The summed E-state index contributed by atoms with van der Waals surface area (Å²) in [5.74, 6) is 1.22. The van der Waals surface area contributed by atoms with Gasteiger partial charge in [0.15, 0.2) is 5.82 Å². The number of piperazine rings is 1. The van der Waals surface area contributed by atoms with E-state index >= 15 is 0 Å². The summed E-state index contributed by atoms with van der Waals surface area (Å²) in [4.78, 5) is 23.6. The maximum absolute atomic E-state index is 11.3. The van der Waals surface area contributed by atoms with Crippen molar-refractivity contribution in [2.45, 2.75) is 0 Å². The van der Waals surface area contributed by atoms with E-state index in [0.717, 1.165) is 5.82 Å². The number of nitro benzene ring substituents is 1. The number of anilines is 2. The van der Waals surface area contributed by atoms with Gasteiger partial charge in [-0.05, 0) is 12.1 Å². The van der Waals surface area contributed by atoms with Gasteiger partial charge in [-0.1, -0.05) is 15.9 Å². The Morgan fingerprint density at radius 1 is 1.21 bits per heavy atom. The quantitative estimate of drug-likeness (QED) is 0.582. The van der Waals surface area contributed by atoms with Crippen LogP contribution in [-0.4, -0.2) is 48.2 Å². The number of aromatic nitrogens is 2. The van der Waals surface area contributed by atoms with E-state index in [0.29, 0.717) is 42.2 Å². The predicted octanol–water partition coefficient (Wildman–Crippen LogP) is 2.48. The van der Waals surface area contributed by atoms with E-state index in [4.69, 9.17) is 4.74 Å². The van der Waals surface area contributed by atoms with Crippen LogP contribution in [0.25, 0.3) is 0 Å². The Bertz CT molecular complexity index is 750. The van der Waals surface area contributed by atoms with Gasteiger partial charge in [-0.25, -0.2) is 0 Å². The van der Waals surface area contributed by atoms with E-state index in [-0.39, 0.29) is 10.6 Å². The van der Waals surface area contributed by atoms with Gasteiger partial charge in [0.2, 0.25) is 5.88 Å². The normalized spacial score (nSPS) is 14.6. The molecule has 0 radical (unpaired) electrons. The van der Waals surface area contributed by atoms with Crippen LogP contribution < -0.4 is 14.5 Å². The van der Waals surface area contributed by atoms with Gasteiger partial charge in [-0.2, -0.15) is 4.98 Å². The fourth-order valence-corrected chi connectivity index (χ4v) is 3.02. The second-order valence-corrected chi connectivity index (χ2v) is 6.20. The highest BCUT2D eigenvalue weighted by atomic mass is 79.9. The van der Waals surface area contributed by atoms with Crippen LogP contribution in [0.5, 0.6) is 5.88 Å². The molecule has 1 saturated heterocycles. The topological polar surface area (TPSA) is 84.6 Å². The van der Waals surface area contributed by atoms with Gasteiger partial charge >= 0.3 is 0 Å². The lowest BCUT2D eigenvalue weighted by atomic mass is 10.2. The largest absolute Gasteiger partial charge is 0.480 e. The molecule has 2 heterocycles. The molecule has 0 atom stereocenters. The standard InChI is InChI=1S/C15H16BrN5O3/c1-24-15-10-17-9-14(18-15)20-6-4-19(5-7-20)12-3-2-11(16)8-13(12)21(22)23/h2-3,8-10H,4-7H2,1H3. The van der Waals surface area contributed by atoms with Gasteiger partial charge in [-0.3, -0.25) is 15.1 Å². The van der Waals surface area contributed by atoms with Gasteiger partial charge in [0.1, 0.15) is 5.69 Å².